The summed E-state index contributed by atoms with van der Waals surface area (Å²) >= 11 is 0. The van der Waals surface area contributed by atoms with E-state index in [9.17, 15) is 0 Å². The third kappa shape index (κ3) is 6.53. The third-order valence-corrected chi connectivity index (χ3v) is 17.6. The van der Waals surface area contributed by atoms with Gasteiger partial charge in [-0.25, -0.2) is 0 Å². The van der Waals surface area contributed by atoms with Crippen LogP contribution < -0.4 is 20.7 Å². The Hall–Kier alpha value is -8.80. The summed E-state index contributed by atoms with van der Waals surface area (Å²) in [7, 11) is 0. The molecule has 3 aliphatic rings. The first-order chi connectivity index (χ1) is 37.4. The molecule has 0 bridgehead atoms. The molecule has 10 aromatic carbocycles. The lowest BCUT2D eigenvalue weighted by Gasteiger charge is -2.47. The van der Waals surface area contributed by atoms with Gasteiger partial charge in [-0.15, -0.1) is 0 Å². The van der Waals surface area contributed by atoms with Gasteiger partial charge in [-0.2, -0.15) is 0 Å². The van der Waals surface area contributed by atoms with E-state index in [-0.39, 0.29) is 23.1 Å². The monoisotopic (exact) mass is 991 g/mol. The van der Waals surface area contributed by atoms with Crippen LogP contribution in [0.3, 0.4) is 0 Å². The smallest absolute Gasteiger partial charge is 0.336 e. The standard InChI is InChI=1S/C72H58BN3O/c1-70(2,3)48-36-38-60(53(42-48)46-26-14-9-15-27-46)75-62-44-58-57(71(4,5)55-33-21-22-34-56(55)72(58,6)7)43-59(62)73-67-54(40-47(41-63(67)75)45-24-12-8-13-25-45)51-37-39-61(74(49-28-16-10-17-29-49)50-30-18-11-19-31-50)66-65-52-32-20-23-35-64(52)77-69(65)76(73)68(51)66/h8-44H,1-7H3. The Bertz CT molecular complexity index is 4330. The second kappa shape index (κ2) is 16.4. The van der Waals surface area contributed by atoms with Gasteiger partial charge in [0.05, 0.1) is 16.8 Å². The predicted molar refractivity (Wildman–Crippen MR) is 325 cm³/mol. The summed E-state index contributed by atoms with van der Waals surface area (Å²) in [6.45, 7) is 16.4. The second-order valence-corrected chi connectivity index (χ2v) is 23.7. The molecule has 370 valence electrons. The largest absolute Gasteiger partial charge is 0.441 e. The first-order valence-electron chi connectivity index (χ1n) is 27.3. The Balaban J connectivity index is 1.14. The summed E-state index contributed by atoms with van der Waals surface area (Å²) in [4.78, 5) is 5.09. The van der Waals surface area contributed by atoms with E-state index in [0.29, 0.717) is 0 Å². The maximum Gasteiger partial charge on any atom is 0.336 e. The van der Waals surface area contributed by atoms with Crippen molar-refractivity contribution >= 4 is 84.9 Å². The number of fused-ring (bicyclic) bond motifs is 11. The zero-order chi connectivity index (χ0) is 52.1. The van der Waals surface area contributed by atoms with Crippen molar-refractivity contribution in [3.63, 3.8) is 0 Å². The van der Waals surface area contributed by atoms with Crippen LogP contribution in [0.4, 0.5) is 34.1 Å². The first-order valence-corrected chi connectivity index (χ1v) is 27.3. The molecule has 4 heterocycles. The van der Waals surface area contributed by atoms with E-state index in [2.05, 4.69) is 287 Å². The summed E-state index contributed by atoms with van der Waals surface area (Å²) in [5.41, 5.74) is 25.5. The third-order valence-electron chi connectivity index (χ3n) is 17.6. The van der Waals surface area contributed by atoms with Crippen molar-refractivity contribution in [2.24, 2.45) is 0 Å². The Labute approximate surface area is 451 Å². The van der Waals surface area contributed by atoms with E-state index < -0.39 is 0 Å². The molecule has 0 spiro atoms. The minimum Gasteiger partial charge on any atom is -0.441 e. The average molecular weight is 992 g/mol. The van der Waals surface area contributed by atoms with Crippen LogP contribution in [0.1, 0.15) is 76.3 Å². The molecule has 5 heteroatoms. The van der Waals surface area contributed by atoms with Crippen LogP contribution in [0.5, 0.6) is 0 Å². The highest BCUT2D eigenvalue weighted by Crippen LogP contribution is 2.56. The number of hydrogen-bond acceptors (Lipinski definition) is 3. The van der Waals surface area contributed by atoms with Crippen molar-refractivity contribution < 1.29 is 4.42 Å². The molecule has 12 aromatic rings. The van der Waals surface area contributed by atoms with Crippen LogP contribution in [0.25, 0.3) is 66.4 Å². The molecule has 15 rings (SSSR count). The number of rotatable bonds is 6. The van der Waals surface area contributed by atoms with Crippen LogP contribution in [-0.2, 0) is 16.2 Å². The van der Waals surface area contributed by atoms with Crippen molar-refractivity contribution in [3.8, 4) is 33.4 Å². The zero-order valence-electron chi connectivity index (χ0n) is 44.7. The minimum absolute atomic E-state index is 0.0711. The topological polar surface area (TPSA) is 24.6 Å². The first kappa shape index (κ1) is 45.6. The number of nitrogens with zero attached hydrogens (tertiary/aromatic N) is 3. The normalized spacial score (nSPS) is 14.6. The van der Waals surface area contributed by atoms with Crippen LogP contribution in [0, 0.1) is 0 Å². The highest BCUT2D eigenvalue weighted by molar-refractivity contribution is 6.90. The number of para-hydroxylation sites is 3. The molecule has 2 aromatic heterocycles. The molecule has 0 saturated heterocycles. The van der Waals surface area contributed by atoms with Crippen molar-refractivity contribution in [1.29, 1.82) is 0 Å². The van der Waals surface area contributed by atoms with Crippen LogP contribution >= 0.6 is 0 Å². The maximum absolute atomic E-state index is 7.41. The molecule has 77 heavy (non-hydrogen) atoms. The molecular weight excluding hydrogens is 934 g/mol. The van der Waals surface area contributed by atoms with Gasteiger partial charge in [-0.3, -0.25) is 0 Å². The molecule has 0 saturated carbocycles. The Morgan fingerprint density at radius 3 is 1.69 bits per heavy atom. The molecule has 4 nitrogen and oxygen atoms in total. The second-order valence-electron chi connectivity index (χ2n) is 23.7. The highest BCUT2D eigenvalue weighted by atomic mass is 16.3. The molecule has 0 radical (unpaired) electrons. The molecule has 0 unspecified atom stereocenters. The predicted octanol–water partition coefficient (Wildman–Crippen LogP) is 18.0. The van der Waals surface area contributed by atoms with Crippen molar-refractivity contribution in [2.75, 3.05) is 9.80 Å². The minimum atomic E-state index is -0.295. The van der Waals surface area contributed by atoms with E-state index in [0.717, 1.165) is 44.8 Å². The summed E-state index contributed by atoms with van der Waals surface area (Å²) in [6, 6.07) is 83.7. The average Bonchev–Trinajstić information content (AvgIpc) is 3.83. The van der Waals surface area contributed by atoms with E-state index in [1.807, 2.05) is 0 Å². The molecule has 0 N–H and O–H groups in total. The Morgan fingerprint density at radius 2 is 1.04 bits per heavy atom. The van der Waals surface area contributed by atoms with E-state index in [1.165, 1.54) is 94.4 Å². The molecule has 0 atom stereocenters. The maximum atomic E-state index is 7.41. The van der Waals surface area contributed by atoms with Crippen LogP contribution in [0.15, 0.2) is 229 Å². The lowest BCUT2D eigenvalue weighted by molar-refractivity contribution is 0.521. The van der Waals surface area contributed by atoms with Gasteiger partial charge in [-0.1, -0.05) is 206 Å². The molecular formula is C72H58BN3O. The van der Waals surface area contributed by atoms with E-state index in [1.54, 1.807) is 0 Å². The molecule has 0 fully saturated rings. The Morgan fingerprint density at radius 1 is 0.455 bits per heavy atom. The van der Waals surface area contributed by atoms with E-state index >= 15 is 0 Å². The number of benzene rings is 10. The fraction of sp³-hybridized carbons (Fsp3) is 0.139. The lowest BCUT2D eigenvalue weighted by atomic mass is 9.44. The van der Waals surface area contributed by atoms with E-state index in [4.69, 9.17) is 4.42 Å². The van der Waals surface area contributed by atoms with Crippen molar-refractivity contribution in [3.05, 3.63) is 252 Å². The van der Waals surface area contributed by atoms with Gasteiger partial charge in [0.1, 0.15) is 5.58 Å². The summed E-state index contributed by atoms with van der Waals surface area (Å²) < 4.78 is 10.0. The van der Waals surface area contributed by atoms with Gasteiger partial charge in [0.2, 0.25) is 0 Å². The van der Waals surface area contributed by atoms with Crippen LogP contribution in [0.2, 0.25) is 0 Å². The Kier molecular flexibility index (Phi) is 9.68. The quantitative estimate of drug-likeness (QED) is 0.155. The fourth-order valence-corrected chi connectivity index (χ4v) is 13.8. The molecule has 1 aliphatic carbocycles. The lowest BCUT2D eigenvalue weighted by Crippen LogP contribution is -2.57. The van der Waals surface area contributed by atoms with Crippen molar-refractivity contribution in [2.45, 2.75) is 64.7 Å². The van der Waals surface area contributed by atoms with Gasteiger partial charge >= 0.3 is 6.85 Å². The van der Waals surface area contributed by atoms with Gasteiger partial charge in [0, 0.05) is 61.0 Å². The number of hydrogen-bond donors (Lipinski definition) is 0. The number of furan rings is 1. The molecule has 0 amide bonds. The van der Waals surface area contributed by atoms with Crippen molar-refractivity contribution in [1.82, 2.24) is 4.48 Å². The summed E-state index contributed by atoms with van der Waals surface area (Å²) in [5.74, 6) is 0. The van der Waals surface area contributed by atoms with Gasteiger partial charge < -0.3 is 18.7 Å². The molecule has 2 aliphatic heterocycles. The highest BCUT2D eigenvalue weighted by Gasteiger charge is 2.49. The van der Waals surface area contributed by atoms with Gasteiger partial charge in [0.25, 0.3) is 0 Å². The van der Waals surface area contributed by atoms with Crippen LogP contribution in [-0.4, -0.2) is 11.3 Å². The summed E-state index contributed by atoms with van der Waals surface area (Å²) in [6.07, 6.45) is 0. The SMILES string of the molecule is CC(C)(C)c1ccc(N2c3cc4c(cc3B3c5c(cc(-c6ccccc6)cc52)-c2ccc(N(c5ccccc5)c5ccccc5)c5c6c7ccccc7oc6n3c25)C(C)(C)c2ccccc2C4(C)C)c(-c2ccccc2)c1. The zero-order valence-corrected chi connectivity index (χ0v) is 44.7. The number of anilines is 6. The number of aromatic nitrogens is 1. The fourth-order valence-electron chi connectivity index (χ4n) is 13.8. The van der Waals surface area contributed by atoms with Gasteiger partial charge in [-0.05, 0) is 133 Å². The summed E-state index contributed by atoms with van der Waals surface area (Å²) in [5, 5.41) is 3.41. The van der Waals surface area contributed by atoms with Gasteiger partial charge in [0.15, 0.2) is 5.71 Å².